The smallest absolute Gasteiger partial charge is 0.228 e. The summed E-state index contributed by atoms with van der Waals surface area (Å²) in [5.74, 6) is 0.800. The first kappa shape index (κ1) is 24.0. The van der Waals surface area contributed by atoms with Gasteiger partial charge in [-0.2, -0.15) is 10.2 Å². The van der Waals surface area contributed by atoms with E-state index in [-0.39, 0.29) is 35.3 Å². The van der Waals surface area contributed by atoms with Crippen LogP contribution in [-0.2, 0) is 4.79 Å². The molecule has 1 saturated heterocycles. The zero-order chi connectivity index (χ0) is 25.1. The summed E-state index contributed by atoms with van der Waals surface area (Å²) in [5, 5.41) is 10.2. The number of hydrogen-bond acceptors (Lipinski definition) is 9. The van der Waals surface area contributed by atoms with Gasteiger partial charge in [0.1, 0.15) is 23.3 Å². The van der Waals surface area contributed by atoms with Gasteiger partial charge in [-0.25, -0.2) is 9.37 Å². The number of piperazine rings is 1. The molecule has 1 amide bonds. The molecule has 0 aliphatic carbocycles. The fourth-order valence-electron chi connectivity index (χ4n) is 4.14. The number of benzene rings is 2. The van der Waals surface area contributed by atoms with Gasteiger partial charge < -0.3 is 30.7 Å². The third kappa shape index (κ3) is 4.74. The minimum absolute atomic E-state index is 0.0796. The highest BCUT2D eigenvalue weighted by Crippen LogP contribution is 2.38. The van der Waals surface area contributed by atoms with Gasteiger partial charge in [-0.1, -0.05) is 12.1 Å². The van der Waals surface area contributed by atoms with Gasteiger partial charge in [0.2, 0.25) is 11.9 Å². The topological polar surface area (TPSA) is 144 Å². The molecule has 0 radical (unpaired) electrons. The monoisotopic (exact) mass is 479 g/mol. The molecule has 0 spiro atoms. The Balaban J connectivity index is 1.49. The predicted molar refractivity (Wildman–Crippen MR) is 129 cm³/mol. The first-order valence-corrected chi connectivity index (χ1v) is 11.0. The molecule has 0 saturated carbocycles. The zero-order valence-corrected chi connectivity index (χ0v) is 19.5. The van der Waals surface area contributed by atoms with Crippen molar-refractivity contribution in [2.24, 2.45) is 5.73 Å². The summed E-state index contributed by atoms with van der Waals surface area (Å²) in [4.78, 5) is 25.5. The molecule has 35 heavy (non-hydrogen) atoms. The largest absolute Gasteiger partial charge is 0.493 e. The highest BCUT2D eigenvalue weighted by Gasteiger charge is 2.26. The van der Waals surface area contributed by atoms with E-state index in [9.17, 15) is 14.4 Å². The fourth-order valence-corrected chi connectivity index (χ4v) is 4.14. The fraction of sp³-hybridized carbons (Fsp3) is 0.333. The van der Waals surface area contributed by atoms with Crippen molar-refractivity contribution < 1.29 is 18.7 Å². The summed E-state index contributed by atoms with van der Waals surface area (Å²) in [6.07, 6.45) is 0.123. The molecule has 1 fully saturated rings. The lowest BCUT2D eigenvalue weighted by Crippen LogP contribution is -2.49. The molecule has 182 valence electrons. The lowest BCUT2D eigenvalue weighted by Gasteiger charge is -2.35. The van der Waals surface area contributed by atoms with E-state index in [1.54, 1.807) is 23.1 Å². The average Bonchev–Trinajstić information content (AvgIpc) is 2.87. The molecule has 4 N–H and O–H groups in total. The summed E-state index contributed by atoms with van der Waals surface area (Å²) in [5.41, 5.74) is 13.7. The summed E-state index contributed by atoms with van der Waals surface area (Å²) in [7, 11) is 2.93. The van der Waals surface area contributed by atoms with Gasteiger partial charge >= 0.3 is 0 Å². The number of nitrogens with two attached hydrogens (primary N) is 2. The normalized spacial score (nSPS) is 14.5. The van der Waals surface area contributed by atoms with Gasteiger partial charge in [0.15, 0.2) is 11.5 Å². The number of nitriles is 1. The van der Waals surface area contributed by atoms with Crippen molar-refractivity contribution in [1.29, 1.82) is 5.26 Å². The molecule has 1 aromatic heterocycles. The number of nitrogen functional groups attached to an aromatic ring is 1. The number of nitrogens with zero attached hydrogens (tertiary/aromatic N) is 5. The molecule has 4 rings (SSSR count). The average molecular weight is 480 g/mol. The Labute approximate surface area is 201 Å². The standard InChI is InChI=1S/C24H26FN7O3/c1-34-19-11-16-21(17(13-26)22(19)35-2)29-24(30-23(16)28)32-9-7-31(8-10-32)20(33)12-18(27)14-3-5-15(25)6-4-14/h3-6,11,18H,7-10,12,27H2,1-2H3,(H2,28,29,30)/t18-/m1/s1. The van der Waals surface area contributed by atoms with Crippen molar-refractivity contribution in [2.45, 2.75) is 12.5 Å². The second-order valence-electron chi connectivity index (χ2n) is 8.13. The Morgan fingerprint density at radius 3 is 2.46 bits per heavy atom. The summed E-state index contributed by atoms with van der Waals surface area (Å²) in [6, 6.07) is 9.10. The molecule has 11 heteroatoms. The van der Waals surface area contributed by atoms with Crippen molar-refractivity contribution >= 4 is 28.6 Å². The van der Waals surface area contributed by atoms with E-state index < -0.39 is 6.04 Å². The number of methoxy groups -OCH3 is 2. The van der Waals surface area contributed by atoms with Crippen molar-refractivity contribution in [1.82, 2.24) is 14.9 Å². The Morgan fingerprint density at radius 1 is 1.17 bits per heavy atom. The molecule has 0 unspecified atom stereocenters. The molecule has 1 aliphatic heterocycles. The molecule has 2 aromatic carbocycles. The Kier molecular flexibility index (Phi) is 6.84. The molecular weight excluding hydrogens is 453 g/mol. The number of rotatable bonds is 6. The summed E-state index contributed by atoms with van der Waals surface area (Å²) in [6.45, 7) is 1.87. The maximum absolute atomic E-state index is 13.1. The maximum atomic E-state index is 13.1. The summed E-state index contributed by atoms with van der Waals surface area (Å²) < 4.78 is 23.8. The quantitative estimate of drug-likeness (QED) is 0.542. The van der Waals surface area contributed by atoms with Crippen LogP contribution in [0.3, 0.4) is 0 Å². The molecule has 1 atom stereocenters. The maximum Gasteiger partial charge on any atom is 0.228 e. The molecular formula is C24H26FN7O3. The minimum Gasteiger partial charge on any atom is -0.493 e. The predicted octanol–water partition coefficient (Wildman–Crippen LogP) is 1.98. The third-order valence-corrected chi connectivity index (χ3v) is 6.07. The lowest BCUT2D eigenvalue weighted by atomic mass is 10.0. The molecule has 2 heterocycles. The minimum atomic E-state index is -0.513. The lowest BCUT2D eigenvalue weighted by molar-refractivity contribution is -0.131. The number of fused-ring (bicyclic) bond motifs is 1. The van der Waals surface area contributed by atoms with Crippen molar-refractivity contribution in [2.75, 3.05) is 51.0 Å². The van der Waals surface area contributed by atoms with Gasteiger partial charge in [0.05, 0.1) is 19.7 Å². The van der Waals surface area contributed by atoms with Crippen LogP contribution in [0, 0.1) is 17.1 Å². The number of aromatic nitrogens is 2. The number of anilines is 2. The van der Waals surface area contributed by atoms with E-state index in [1.807, 2.05) is 4.90 Å². The van der Waals surface area contributed by atoms with Crippen LogP contribution in [0.15, 0.2) is 30.3 Å². The van der Waals surface area contributed by atoms with E-state index in [2.05, 4.69) is 16.0 Å². The van der Waals surface area contributed by atoms with E-state index in [4.69, 9.17) is 20.9 Å². The summed E-state index contributed by atoms with van der Waals surface area (Å²) >= 11 is 0. The molecule has 10 nitrogen and oxygen atoms in total. The molecule has 0 bridgehead atoms. The SMILES string of the molecule is COc1cc2c(N)nc(N3CCN(C(=O)C[C@@H](N)c4ccc(F)cc4)CC3)nc2c(C#N)c1OC. The van der Waals surface area contributed by atoms with Gasteiger partial charge in [0.25, 0.3) is 0 Å². The van der Waals surface area contributed by atoms with Gasteiger partial charge in [-0.05, 0) is 23.8 Å². The van der Waals surface area contributed by atoms with Crippen LogP contribution in [0.4, 0.5) is 16.2 Å². The molecule has 3 aromatic rings. The first-order chi connectivity index (χ1) is 16.9. The second-order valence-corrected chi connectivity index (χ2v) is 8.13. The number of amides is 1. The van der Waals surface area contributed by atoms with Gasteiger partial charge in [-0.3, -0.25) is 4.79 Å². The van der Waals surface area contributed by atoms with Crippen LogP contribution in [0.5, 0.6) is 11.5 Å². The van der Waals surface area contributed by atoms with E-state index >= 15 is 0 Å². The van der Waals surface area contributed by atoms with Crippen LogP contribution < -0.4 is 25.8 Å². The second kappa shape index (κ2) is 9.99. The van der Waals surface area contributed by atoms with Crippen LogP contribution in [-0.4, -0.2) is 61.2 Å². The van der Waals surface area contributed by atoms with Crippen LogP contribution >= 0.6 is 0 Å². The Morgan fingerprint density at radius 2 is 1.86 bits per heavy atom. The third-order valence-electron chi connectivity index (χ3n) is 6.07. The van der Waals surface area contributed by atoms with Crippen LogP contribution in [0.2, 0.25) is 0 Å². The highest BCUT2D eigenvalue weighted by atomic mass is 19.1. The van der Waals surface area contributed by atoms with E-state index in [0.717, 1.165) is 0 Å². The van der Waals surface area contributed by atoms with Crippen molar-refractivity contribution in [3.63, 3.8) is 0 Å². The van der Waals surface area contributed by atoms with Crippen LogP contribution in [0.1, 0.15) is 23.6 Å². The van der Waals surface area contributed by atoms with E-state index in [0.29, 0.717) is 54.3 Å². The first-order valence-electron chi connectivity index (χ1n) is 11.0. The van der Waals surface area contributed by atoms with Crippen molar-refractivity contribution in [3.8, 4) is 17.6 Å². The Hall–Kier alpha value is -4.17. The van der Waals surface area contributed by atoms with Crippen molar-refractivity contribution in [3.05, 3.63) is 47.3 Å². The number of carbonyl (C=O) groups excluding carboxylic acids is 1. The molecule has 1 aliphatic rings. The van der Waals surface area contributed by atoms with Gasteiger partial charge in [-0.15, -0.1) is 0 Å². The number of carbonyl (C=O) groups is 1. The zero-order valence-electron chi connectivity index (χ0n) is 19.5. The highest BCUT2D eigenvalue weighted by molar-refractivity contribution is 5.96. The van der Waals surface area contributed by atoms with Crippen LogP contribution in [0.25, 0.3) is 10.9 Å². The Bertz CT molecular complexity index is 1290. The number of halogens is 1. The van der Waals surface area contributed by atoms with Gasteiger partial charge in [0, 0.05) is 44.0 Å². The number of ether oxygens (including phenoxy) is 2. The van der Waals surface area contributed by atoms with E-state index in [1.165, 1.54) is 26.4 Å². The number of hydrogen-bond donors (Lipinski definition) is 2.